The summed E-state index contributed by atoms with van der Waals surface area (Å²) in [6.45, 7) is 2.93. The number of carbonyl (C=O) groups is 1. The second-order valence-corrected chi connectivity index (χ2v) is 4.80. The van der Waals surface area contributed by atoms with Crippen LogP contribution in [0.3, 0.4) is 0 Å². The van der Waals surface area contributed by atoms with Gasteiger partial charge in [0.25, 0.3) is 5.69 Å². The van der Waals surface area contributed by atoms with Crippen LogP contribution < -0.4 is 4.90 Å². The first-order valence-corrected chi connectivity index (χ1v) is 6.29. The first-order chi connectivity index (χ1) is 9.00. The lowest BCUT2D eigenvalue weighted by atomic mass is 10.0. The molecule has 1 fully saturated rings. The van der Waals surface area contributed by atoms with E-state index in [0.717, 1.165) is 31.5 Å². The number of aromatic carboxylic acids is 1. The zero-order valence-electron chi connectivity index (χ0n) is 10.7. The number of nitro groups is 1. The molecule has 1 aliphatic heterocycles. The molecule has 6 nitrogen and oxygen atoms in total. The van der Waals surface area contributed by atoms with E-state index >= 15 is 0 Å². The Kier molecular flexibility index (Phi) is 3.69. The summed E-state index contributed by atoms with van der Waals surface area (Å²) in [4.78, 5) is 23.4. The molecule has 0 bridgehead atoms. The largest absolute Gasteiger partial charge is 0.477 e. The summed E-state index contributed by atoms with van der Waals surface area (Å²) in [5, 5.41) is 19.9. The number of hydrogen-bond donors (Lipinski definition) is 1. The van der Waals surface area contributed by atoms with E-state index in [-0.39, 0.29) is 11.3 Å². The van der Waals surface area contributed by atoms with Crippen LogP contribution in [0.2, 0.25) is 0 Å². The molecule has 1 N–H and O–H groups in total. The molecule has 0 saturated carbocycles. The highest BCUT2D eigenvalue weighted by Crippen LogP contribution is 2.29. The minimum atomic E-state index is -1.27. The average molecular weight is 264 g/mol. The van der Waals surface area contributed by atoms with Crippen molar-refractivity contribution in [2.24, 2.45) is 0 Å². The Hall–Kier alpha value is -2.11. The van der Waals surface area contributed by atoms with Crippen LogP contribution in [0.1, 0.15) is 36.5 Å². The molecule has 0 amide bonds. The molecule has 19 heavy (non-hydrogen) atoms. The quantitative estimate of drug-likeness (QED) is 0.670. The van der Waals surface area contributed by atoms with Crippen LogP contribution in [0.5, 0.6) is 0 Å². The van der Waals surface area contributed by atoms with Gasteiger partial charge in [0.1, 0.15) is 5.56 Å². The maximum absolute atomic E-state index is 11.0. The Morgan fingerprint density at radius 1 is 1.47 bits per heavy atom. The molecule has 0 aliphatic carbocycles. The van der Waals surface area contributed by atoms with Gasteiger partial charge in [-0.2, -0.15) is 0 Å². The number of nitrogens with zero attached hydrogens (tertiary/aromatic N) is 2. The summed E-state index contributed by atoms with van der Waals surface area (Å²) in [6.07, 6.45) is 3.26. The van der Waals surface area contributed by atoms with E-state index in [2.05, 4.69) is 11.8 Å². The second kappa shape index (κ2) is 5.26. The van der Waals surface area contributed by atoms with E-state index in [9.17, 15) is 14.9 Å². The van der Waals surface area contributed by atoms with Gasteiger partial charge in [0, 0.05) is 24.3 Å². The monoisotopic (exact) mass is 264 g/mol. The van der Waals surface area contributed by atoms with Crippen LogP contribution in [0.15, 0.2) is 18.2 Å². The summed E-state index contributed by atoms with van der Waals surface area (Å²) >= 11 is 0. The lowest BCUT2D eigenvalue weighted by molar-refractivity contribution is -0.385. The molecular formula is C13H16N2O4. The molecule has 6 heteroatoms. The molecular weight excluding hydrogens is 248 g/mol. The smallest absolute Gasteiger partial charge is 0.342 e. The number of benzene rings is 1. The molecule has 2 rings (SSSR count). The molecule has 1 aromatic carbocycles. The van der Waals surface area contributed by atoms with E-state index in [1.807, 2.05) is 0 Å². The maximum atomic E-state index is 11.0. The summed E-state index contributed by atoms with van der Waals surface area (Å²) in [5.74, 6) is -1.27. The number of carboxylic acid groups (broad SMARTS) is 1. The Bertz CT molecular complexity index is 515. The molecule has 1 atom stereocenters. The Morgan fingerprint density at radius 2 is 2.21 bits per heavy atom. The summed E-state index contributed by atoms with van der Waals surface area (Å²) in [6, 6.07) is 4.66. The van der Waals surface area contributed by atoms with Crippen LogP contribution in [-0.2, 0) is 0 Å². The van der Waals surface area contributed by atoms with Gasteiger partial charge in [-0.25, -0.2) is 4.79 Å². The van der Waals surface area contributed by atoms with Gasteiger partial charge in [-0.15, -0.1) is 0 Å². The zero-order chi connectivity index (χ0) is 14.0. The van der Waals surface area contributed by atoms with Crippen molar-refractivity contribution in [1.82, 2.24) is 0 Å². The molecule has 0 aromatic heterocycles. The van der Waals surface area contributed by atoms with Gasteiger partial charge < -0.3 is 10.0 Å². The van der Waals surface area contributed by atoms with E-state index in [1.54, 1.807) is 6.07 Å². The first-order valence-electron chi connectivity index (χ1n) is 6.29. The van der Waals surface area contributed by atoms with Crippen LogP contribution in [0, 0.1) is 10.1 Å². The van der Waals surface area contributed by atoms with Crippen molar-refractivity contribution >= 4 is 17.3 Å². The number of anilines is 1. The summed E-state index contributed by atoms with van der Waals surface area (Å²) in [7, 11) is 0. The van der Waals surface area contributed by atoms with Crippen molar-refractivity contribution in [3.05, 3.63) is 33.9 Å². The number of nitro benzene ring substituents is 1. The first kappa shape index (κ1) is 13.3. The third-order valence-electron chi connectivity index (χ3n) is 3.54. The van der Waals surface area contributed by atoms with E-state index in [4.69, 9.17) is 5.11 Å². The number of rotatable bonds is 3. The standard InChI is InChI=1S/C13H16N2O4/c1-9-4-2-3-7-14(9)10-5-6-11(13(16)17)12(8-10)15(18)19/h5-6,8-9H,2-4,7H2,1H3,(H,16,17). The highest BCUT2D eigenvalue weighted by molar-refractivity contribution is 5.93. The molecule has 1 aromatic rings. The Morgan fingerprint density at radius 3 is 2.79 bits per heavy atom. The van der Waals surface area contributed by atoms with Gasteiger partial charge in [0.2, 0.25) is 0 Å². The molecule has 0 spiro atoms. The predicted molar refractivity (Wildman–Crippen MR) is 70.7 cm³/mol. The Balaban J connectivity index is 2.40. The maximum Gasteiger partial charge on any atom is 0.342 e. The fourth-order valence-corrected chi connectivity index (χ4v) is 2.51. The average Bonchev–Trinajstić information content (AvgIpc) is 2.38. The topological polar surface area (TPSA) is 83.7 Å². The van der Waals surface area contributed by atoms with Gasteiger partial charge in [0.05, 0.1) is 4.92 Å². The molecule has 1 saturated heterocycles. The van der Waals surface area contributed by atoms with Crippen molar-refractivity contribution in [3.8, 4) is 0 Å². The van der Waals surface area contributed by atoms with Crippen molar-refractivity contribution in [1.29, 1.82) is 0 Å². The van der Waals surface area contributed by atoms with Crippen molar-refractivity contribution in [2.75, 3.05) is 11.4 Å². The van der Waals surface area contributed by atoms with Gasteiger partial charge in [-0.3, -0.25) is 10.1 Å². The van der Waals surface area contributed by atoms with Gasteiger partial charge in [0.15, 0.2) is 0 Å². The van der Waals surface area contributed by atoms with Crippen molar-refractivity contribution in [3.63, 3.8) is 0 Å². The fraction of sp³-hybridized carbons (Fsp3) is 0.462. The summed E-state index contributed by atoms with van der Waals surface area (Å²) < 4.78 is 0. The van der Waals surface area contributed by atoms with Gasteiger partial charge >= 0.3 is 5.97 Å². The lowest BCUT2D eigenvalue weighted by Gasteiger charge is -2.35. The molecule has 1 unspecified atom stereocenters. The normalized spacial score (nSPS) is 19.2. The number of piperidine rings is 1. The third-order valence-corrected chi connectivity index (χ3v) is 3.54. The zero-order valence-corrected chi connectivity index (χ0v) is 10.7. The highest BCUT2D eigenvalue weighted by atomic mass is 16.6. The minimum Gasteiger partial charge on any atom is -0.477 e. The molecule has 1 aliphatic rings. The lowest BCUT2D eigenvalue weighted by Crippen LogP contribution is -2.37. The van der Waals surface area contributed by atoms with Crippen molar-refractivity contribution in [2.45, 2.75) is 32.2 Å². The fourth-order valence-electron chi connectivity index (χ4n) is 2.51. The number of hydrogen-bond acceptors (Lipinski definition) is 4. The molecule has 102 valence electrons. The van der Waals surface area contributed by atoms with Crippen LogP contribution >= 0.6 is 0 Å². The van der Waals surface area contributed by atoms with Crippen LogP contribution in [0.25, 0.3) is 0 Å². The summed E-state index contributed by atoms with van der Waals surface area (Å²) in [5.41, 5.74) is 0.116. The van der Waals surface area contributed by atoms with Gasteiger partial charge in [-0.05, 0) is 38.3 Å². The second-order valence-electron chi connectivity index (χ2n) is 4.80. The Labute approximate surface area is 110 Å². The van der Waals surface area contributed by atoms with Crippen LogP contribution in [0.4, 0.5) is 11.4 Å². The van der Waals surface area contributed by atoms with Gasteiger partial charge in [-0.1, -0.05) is 0 Å². The number of carboxylic acids is 1. The van der Waals surface area contributed by atoms with E-state index in [0.29, 0.717) is 6.04 Å². The minimum absolute atomic E-state index is 0.265. The van der Waals surface area contributed by atoms with E-state index in [1.165, 1.54) is 12.1 Å². The van der Waals surface area contributed by atoms with Crippen LogP contribution in [-0.4, -0.2) is 28.6 Å². The SMILES string of the molecule is CC1CCCCN1c1ccc(C(=O)O)c([N+](=O)[O-])c1. The molecule has 0 radical (unpaired) electrons. The third kappa shape index (κ3) is 2.67. The highest BCUT2D eigenvalue weighted by Gasteiger charge is 2.24. The van der Waals surface area contributed by atoms with Crippen molar-refractivity contribution < 1.29 is 14.8 Å². The van der Waals surface area contributed by atoms with E-state index < -0.39 is 10.9 Å². The predicted octanol–water partition coefficient (Wildman–Crippen LogP) is 2.67. The molecule has 1 heterocycles.